The van der Waals surface area contributed by atoms with Gasteiger partial charge >= 0.3 is 12.1 Å². The third-order valence-electron chi connectivity index (χ3n) is 3.80. The summed E-state index contributed by atoms with van der Waals surface area (Å²) >= 11 is 0. The lowest BCUT2D eigenvalue weighted by Crippen LogP contribution is -2.21. The molecule has 0 aromatic carbocycles. The number of fused-ring (bicyclic) bond motifs is 1. The molecular formula is C16H17F3N6O3. The molecule has 0 radical (unpaired) electrons. The number of rotatable bonds is 3. The van der Waals surface area contributed by atoms with Gasteiger partial charge in [-0.2, -0.15) is 18.3 Å². The molecule has 28 heavy (non-hydrogen) atoms. The van der Waals surface area contributed by atoms with Crippen LogP contribution in [0.5, 0.6) is 0 Å². The monoisotopic (exact) mass is 398 g/mol. The normalized spacial score (nSPS) is 11.1. The minimum Gasteiger partial charge on any atom is -0.475 e. The zero-order valence-corrected chi connectivity index (χ0v) is 14.9. The number of imidazole rings is 1. The first-order chi connectivity index (χ1) is 13.1. The summed E-state index contributed by atoms with van der Waals surface area (Å²) in [4.78, 5) is 25.5. The van der Waals surface area contributed by atoms with E-state index in [4.69, 9.17) is 15.6 Å². The number of pyridine rings is 1. The molecule has 0 bridgehead atoms. The van der Waals surface area contributed by atoms with Gasteiger partial charge in [0.15, 0.2) is 5.82 Å². The summed E-state index contributed by atoms with van der Waals surface area (Å²) in [6.45, 7) is 2.24. The van der Waals surface area contributed by atoms with Gasteiger partial charge in [0.25, 0.3) is 5.91 Å². The highest BCUT2D eigenvalue weighted by molar-refractivity contribution is 6.03. The van der Waals surface area contributed by atoms with Gasteiger partial charge in [-0.1, -0.05) is 6.07 Å². The van der Waals surface area contributed by atoms with Crippen molar-refractivity contribution in [3.63, 3.8) is 0 Å². The molecule has 12 heteroatoms. The smallest absolute Gasteiger partial charge is 0.475 e. The predicted octanol–water partition coefficient (Wildman–Crippen LogP) is 1.72. The number of aromatic nitrogens is 4. The van der Waals surface area contributed by atoms with Gasteiger partial charge < -0.3 is 16.2 Å². The Kier molecular flexibility index (Phi) is 6.03. The number of alkyl halides is 3. The van der Waals surface area contributed by atoms with Gasteiger partial charge in [-0.15, -0.1) is 0 Å². The van der Waals surface area contributed by atoms with E-state index in [1.54, 1.807) is 33.6 Å². The van der Waals surface area contributed by atoms with E-state index in [9.17, 15) is 18.0 Å². The van der Waals surface area contributed by atoms with E-state index >= 15 is 0 Å². The van der Waals surface area contributed by atoms with Crippen LogP contribution in [0.3, 0.4) is 0 Å². The summed E-state index contributed by atoms with van der Waals surface area (Å²) in [6, 6.07) is 5.37. The molecule has 150 valence electrons. The van der Waals surface area contributed by atoms with Gasteiger partial charge in [-0.3, -0.25) is 13.9 Å². The number of nitrogens with two attached hydrogens (primary N) is 1. The van der Waals surface area contributed by atoms with Crippen LogP contribution < -0.4 is 11.1 Å². The number of aliphatic carboxylic acids is 1. The fraction of sp³-hybridized carbons (Fsp3) is 0.250. The highest BCUT2D eigenvalue weighted by atomic mass is 19.4. The Balaban J connectivity index is 0.000000345. The van der Waals surface area contributed by atoms with Crippen molar-refractivity contribution in [2.75, 3.05) is 5.32 Å². The average molecular weight is 398 g/mol. The fourth-order valence-electron chi connectivity index (χ4n) is 2.30. The summed E-state index contributed by atoms with van der Waals surface area (Å²) in [5.74, 6) is -2.50. The average Bonchev–Trinajstić information content (AvgIpc) is 3.19. The molecule has 0 saturated heterocycles. The molecule has 3 aromatic rings. The van der Waals surface area contributed by atoms with E-state index in [0.717, 1.165) is 16.9 Å². The Morgan fingerprint density at radius 1 is 1.32 bits per heavy atom. The minimum absolute atomic E-state index is 0.244. The Morgan fingerprint density at radius 3 is 2.54 bits per heavy atom. The molecule has 0 saturated carbocycles. The summed E-state index contributed by atoms with van der Waals surface area (Å²) in [6.07, 6.45) is -1.68. The van der Waals surface area contributed by atoms with E-state index in [1.165, 1.54) is 0 Å². The highest BCUT2D eigenvalue weighted by Gasteiger charge is 2.38. The number of carboxylic acid groups (broad SMARTS) is 1. The van der Waals surface area contributed by atoms with Crippen LogP contribution in [0.1, 0.15) is 21.7 Å². The summed E-state index contributed by atoms with van der Waals surface area (Å²) < 4.78 is 35.2. The number of nitrogens with one attached hydrogen (secondary N) is 1. The lowest BCUT2D eigenvalue weighted by Gasteiger charge is -2.06. The Hall–Kier alpha value is -3.41. The van der Waals surface area contributed by atoms with Crippen molar-refractivity contribution in [3.8, 4) is 0 Å². The van der Waals surface area contributed by atoms with E-state index in [2.05, 4.69) is 15.4 Å². The summed E-state index contributed by atoms with van der Waals surface area (Å²) in [5.41, 5.74) is 8.73. The second-order valence-electron chi connectivity index (χ2n) is 5.56. The second-order valence-corrected chi connectivity index (χ2v) is 5.56. The number of halogens is 3. The molecule has 0 aliphatic heterocycles. The van der Waals surface area contributed by atoms with Crippen LogP contribution in [0.15, 0.2) is 30.6 Å². The third kappa shape index (κ3) is 4.46. The topological polar surface area (TPSA) is 128 Å². The minimum atomic E-state index is -5.08. The quantitative estimate of drug-likeness (QED) is 0.616. The van der Waals surface area contributed by atoms with Crippen molar-refractivity contribution in [3.05, 3.63) is 47.5 Å². The molecule has 3 heterocycles. The Bertz CT molecular complexity index is 1010. The molecule has 1 amide bonds. The molecule has 0 aliphatic rings. The predicted molar refractivity (Wildman–Crippen MR) is 92.7 cm³/mol. The lowest BCUT2D eigenvalue weighted by atomic mass is 10.2. The van der Waals surface area contributed by atoms with E-state index in [-0.39, 0.29) is 5.91 Å². The van der Waals surface area contributed by atoms with Crippen LogP contribution in [0.2, 0.25) is 0 Å². The Labute approximate surface area is 156 Å². The van der Waals surface area contributed by atoms with Crippen molar-refractivity contribution in [1.82, 2.24) is 19.2 Å². The van der Waals surface area contributed by atoms with Gasteiger partial charge in [0.05, 0.1) is 0 Å². The molecule has 9 nitrogen and oxygen atoms in total. The van der Waals surface area contributed by atoms with Gasteiger partial charge in [-0.25, -0.2) is 9.78 Å². The Morgan fingerprint density at radius 2 is 1.96 bits per heavy atom. The molecule has 0 atom stereocenters. The number of carboxylic acids is 1. The number of aryl methyl sites for hydroxylation is 1. The maximum absolute atomic E-state index is 12.5. The second kappa shape index (κ2) is 8.08. The van der Waals surface area contributed by atoms with Gasteiger partial charge in [0, 0.05) is 37.2 Å². The zero-order valence-electron chi connectivity index (χ0n) is 14.9. The van der Waals surface area contributed by atoms with Crippen LogP contribution in [0.4, 0.5) is 19.0 Å². The van der Waals surface area contributed by atoms with Gasteiger partial charge in [0.1, 0.15) is 11.3 Å². The van der Waals surface area contributed by atoms with Crippen LogP contribution in [0, 0.1) is 6.92 Å². The molecule has 3 rings (SSSR count). The van der Waals surface area contributed by atoms with E-state index in [1.807, 2.05) is 20.0 Å². The molecular weight excluding hydrogens is 381 g/mol. The first-order valence-electron chi connectivity index (χ1n) is 7.82. The first kappa shape index (κ1) is 20.9. The molecule has 0 fully saturated rings. The third-order valence-corrected chi connectivity index (χ3v) is 3.80. The SMILES string of the molecule is Cc1c(CN)c(NC(=O)c2cccc3nccn23)nn1C.O=C(O)C(F)(F)F. The number of hydrogen-bond donors (Lipinski definition) is 3. The maximum atomic E-state index is 12.5. The number of nitrogens with zero attached hydrogens (tertiary/aromatic N) is 4. The summed E-state index contributed by atoms with van der Waals surface area (Å²) in [7, 11) is 1.82. The van der Waals surface area contributed by atoms with Crippen molar-refractivity contribution >= 4 is 23.3 Å². The number of carbonyl (C=O) groups excluding carboxylic acids is 1. The largest absolute Gasteiger partial charge is 0.490 e. The molecule has 4 N–H and O–H groups in total. The molecule has 0 unspecified atom stereocenters. The van der Waals surface area contributed by atoms with Crippen LogP contribution in [-0.4, -0.2) is 42.3 Å². The van der Waals surface area contributed by atoms with E-state index < -0.39 is 12.1 Å². The van der Waals surface area contributed by atoms with Crippen LogP contribution in [0.25, 0.3) is 5.65 Å². The van der Waals surface area contributed by atoms with Crippen molar-refractivity contribution in [2.24, 2.45) is 12.8 Å². The lowest BCUT2D eigenvalue weighted by molar-refractivity contribution is -0.192. The number of amides is 1. The number of hydrogen-bond acceptors (Lipinski definition) is 5. The zero-order chi connectivity index (χ0) is 21.1. The summed E-state index contributed by atoms with van der Waals surface area (Å²) in [5, 5.41) is 14.2. The molecule has 0 aliphatic carbocycles. The van der Waals surface area contributed by atoms with E-state index in [0.29, 0.717) is 18.1 Å². The van der Waals surface area contributed by atoms with Gasteiger partial charge in [-0.05, 0) is 19.1 Å². The highest BCUT2D eigenvalue weighted by Crippen LogP contribution is 2.18. The number of carbonyl (C=O) groups is 2. The van der Waals surface area contributed by atoms with Crippen LogP contribution in [-0.2, 0) is 18.4 Å². The maximum Gasteiger partial charge on any atom is 0.490 e. The standard InChI is InChI=1S/C14H16N6O.C2HF3O2/c1-9-10(8-15)13(18-19(9)2)17-14(21)11-4-3-5-12-16-6-7-20(11)12;3-2(4,5)1(6)7/h3-7H,8,15H2,1-2H3,(H,17,18,21);(H,6,7). The van der Waals surface area contributed by atoms with Crippen molar-refractivity contribution in [1.29, 1.82) is 0 Å². The van der Waals surface area contributed by atoms with Crippen molar-refractivity contribution < 1.29 is 27.9 Å². The molecule has 0 spiro atoms. The first-order valence-corrected chi connectivity index (χ1v) is 7.82. The number of anilines is 1. The molecule has 3 aromatic heterocycles. The fourth-order valence-corrected chi connectivity index (χ4v) is 2.30. The van der Waals surface area contributed by atoms with Crippen LogP contribution >= 0.6 is 0 Å². The van der Waals surface area contributed by atoms with Gasteiger partial charge in [0.2, 0.25) is 0 Å². The van der Waals surface area contributed by atoms with Crippen molar-refractivity contribution in [2.45, 2.75) is 19.6 Å².